The van der Waals surface area contributed by atoms with Gasteiger partial charge in [0.15, 0.2) is 0 Å². The lowest BCUT2D eigenvalue weighted by atomic mass is 10.1. The van der Waals surface area contributed by atoms with Crippen LogP contribution < -0.4 is 11.1 Å². The third-order valence-corrected chi connectivity index (χ3v) is 2.50. The van der Waals surface area contributed by atoms with Gasteiger partial charge < -0.3 is 11.1 Å². The summed E-state index contributed by atoms with van der Waals surface area (Å²) >= 11 is 5.82. The zero-order valence-corrected chi connectivity index (χ0v) is 9.71. The van der Waals surface area contributed by atoms with Crippen molar-refractivity contribution in [3.8, 4) is 12.3 Å². The number of nitrogen functional groups attached to an aromatic ring is 1. The van der Waals surface area contributed by atoms with Gasteiger partial charge in [0.2, 0.25) is 0 Å². The van der Waals surface area contributed by atoms with Crippen molar-refractivity contribution in [2.45, 2.75) is 19.4 Å². The minimum atomic E-state index is -0.260. The van der Waals surface area contributed by atoms with Crippen molar-refractivity contribution in [1.29, 1.82) is 0 Å². The Balaban J connectivity index is 2.81. The lowest BCUT2D eigenvalue weighted by Crippen LogP contribution is -2.33. The average molecular weight is 237 g/mol. The molecular formula is C12H13ClN2O. The van der Waals surface area contributed by atoms with Gasteiger partial charge in [0.1, 0.15) is 0 Å². The molecule has 1 aromatic carbocycles. The minimum Gasteiger partial charge on any atom is -0.398 e. The summed E-state index contributed by atoms with van der Waals surface area (Å²) in [5, 5.41) is 3.07. The number of amides is 1. The normalized spacial score (nSPS) is 11.6. The van der Waals surface area contributed by atoms with Crippen LogP contribution in [0.2, 0.25) is 5.02 Å². The summed E-state index contributed by atoms with van der Waals surface area (Å²) in [6.07, 6.45) is 5.94. The van der Waals surface area contributed by atoms with Gasteiger partial charge in [-0.25, -0.2) is 0 Å². The van der Waals surface area contributed by atoms with E-state index < -0.39 is 0 Å². The molecule has 3 N–H and O–H groups in total. The third-order valence-electron chi connectivity index (χ3n) is 2.18. The Morgan fingerprint density at radius 2 is 2.38 bits per heavy atom. The van der Waals surface area contributed by atoms with Gasteiger partial charge in [0.05, 0.1) is 16.8 Å². The van der Waals surface area contributed by atoms with Crippen molar-refractivity contribution < 1.29 is 4.79 Å². The Morgan fingerprint density at radius 3 is 2.88 bits per heavy atom. The molecule has 0 radical (unpaired) electrons. The van der Waals surface area contributed by atoms with Crippen LogP contribution >= 0.6 is 11.6 Å². The molecule has 84 valence electrons. The number of hydrogen-bond donors (Lipinski definition) is 2. The fraction of sp³-hybridized carbons (Fsp3) is 0.250. The molecule has 16 heavy (non-hydrogen) atoms. The highest BCUT2D eigenvalue weighted by atomic mass is 35.5. The lowest BCUT2D eigenvalue weighted by Gasteiger charge is -2.11. The SMILES string of the molecule is C#CC(CC)NC(=O)c1ccc(N)c(Cl)c1. The molecule has 1 aromatic rings. The third kappa shape index (κ3) is 2.91. The van der Waals surface area contributed by atoms with Gasteiger partial charge in [0, 0.05) is 5.56 Å². The second kappa shape index (κ2) is 5.43. The predicted molar refractivity (Wildman–Crippen MR) is 66.2 cm³/mol. The lowest BCUT2D eigenvalue weighted by molar-refractivity contribution is 0.0945. The first-order valence-electron chi connectivity index (χ1n) is 4.90. The van der Waals surface area contributed by atoms with Crippen molar-refractivity contribution in [3.05, 3.63) is 28.8 Å². The molecule has 1 amide bonds. The van der Waals surface area contributed by atoms with Gasteiger partial charge in [-0.3, -0.25) is 4.79 Å². The van der Waals surface area contributed by atoms with Crippen LogP contribution in [0.1, 0.15) is 23.7 Å². The van der Waals surface area contributed by atoms with Gasteiger partial charge in [-0.2, -0.15) is 0 Å². The number of hydrogen-bond acceptors (Lipinski definition) is 2. The predicted octanol–water partition coefficient (Wildman–Crippen LogP) is 2.06. The maximum absolute atomic E-state index is 11.7. The first-order chi connectivity index (χ1) is 7.58. The standard InChI is InChI=1S/C12H13ClN2O/c1-3-9(4-2)15-12(16)8-5-6-11(14)10(13)7-8/h1,5-7,9H,4,14H2,2H3,(H,15,16). The summed E-state index contributed by atoms with van der Waals surface area (Å²) in [5.41, 5.74) is 6.44. The van der Waals surface area contributed by atoms with Crippen molar-refractivity contribution >= 4 is 23.2 Å². The summed E-state index contributed by atoms with van der Waals surface area (Å²) in [4.78, 5) is 11.7. The number of anilines is 1. The summed E-state index contributed by atoms with van der Waals surface area (Å²) < 4.78 is 0. The zero-order chi connectivity index (χ0) is 12.1. The molecule has 1 rings (SSSR count). The number of halogens is 1. The zero-order valence-electron chi connectivity index (χ0n) is 8.96. The summed E-state index contributed by atoms with van der Waals surface area (Å²) in [7, 11) is 0. The Hall–Kier alpha value is -1.66. The molecule has 0 aliphatic carbocycles. The smallest absolute Gasteiger partial charge is 0.252 e. The van der Waals surface area contributed by atoms with Crippen LogP contribution in [-0.2, 0) is 0 Å². The Kier molecular flexibility index (Phi) is 4.21. The second-order valence-electron chi connectivity index (χ2n) is 3.34. The number of benzene rings is 1. The van der Waals surface area contributed by atoms with Crippen LogP contribution in [0, 0.1) is 12.3 Å². The molecule has 0 heterocycles. The molecule has 0 bridgehead atoms. The summed E-state index contributed by atoms with van der Waals surface area (Å²) in [5.74, 6) is 2.24. The van der Waals surface area contributed by atoms with E-state index in [1.807, 2.05) is 6.92 Å². The molecule has 0 aliphatic heterocycles. The van der Waals surface area contributed by atoms with E-state index in [-0.39, 0.29) is 11.9 Å². The van der Waals surface area contributed by atoms with Gasteiger partial charge >= 0.3 is 0 Å². The quantitative estimate of drug-likeness (QED) is 0.624. The van der Waals surface area contributed by atoms with Crippen molar-refractivity contribution in [2.75, 3.05) is 5.73 Å². The van der Waals surface area contributed by atoms with Gasteiger partial charge in [-0.1, -0.05) is 24.4 Å². The molecule has 4 heteroatoms. The first kappa shape index (κ1) is 12.4. The number of nitrogens with one attached hydrogen (secondary N) is 1. The van der Waals surface area contributed by atoms with Gasteiger partial charge in [-0.15, -0.1) is 6.42 Å². The van der Waals surface area contributed by atoms with E-state index >= 15 is 0 Å². The Labute approximate surface area is 100.0 Å². The molecule has 0 saturated heterocycles. The van der Waals surface area contributed by atoms with E-state index in [2.05, 4.69) is 11.2 Å². The molecule has 0 fully saturated rings. The highest BCUT2D eigenvalue weighted by Gasteiger charge is 2.10. The van der Waals surface area contributed by atoms with Gasteiger partial charge in [0.25, 0.3) is 5.91 Å². The number of carbonyl (C=O) groups excluding carboxylic acids is 1. The monoisotopic (exact) mass is 236 g/mol. The summed E-state index contributed by atoms with van der Waals surface area (Å²) in [6, 6.07) is 4.47. The highest BCUT2D eigenvalue weighted by Crippen LogP contribution is 2.19. The van der Waals surface area contributed by atoms with Crippen LogP contribution in [0.4, 0.5) is 5.69 Å². The van der Waals surface area contributed by atoms with E-state index in [0.717, 1.165) is 0 Å². The molecule has 1 atom stereocenters. The largest absolute Gasteiger partial charge is 0.398 e. The molecule has 3 nitrogen and oxygen atoms in total. The molecule has 1 unspecified atom stereocenters. The first-order valence-corrected chi connectivity index (χ1v) is 5.28. The van der Waals surface area contributed by atoms with E-state index in [1.54, 1.807) is 12.1 Å². The fourth-order valence-corrected chi connectivity index (χ4v) is 1.35. The minimum absolute atomic E-state index is 0.244. The molecule has 0 saturated carbocycles. The number of carbonyl (C=O) groups is 1. The van der Waals surface area contributed by atoms with Crippen LogP contribution in [0.3, 0.4) is 0 Å². The Morgan fingerprint density at radius 1 is 1.69 bits per heavy atom. The van der Waals surface area contributed by atoms with Crippen molar-refractivity contribution in [1.82, 2.24) is 5.32 Å². The molecule has 0 aliphatic rings. The van der Waals surface area contributed by atoms with Crippen LogP contribution in [0.5, 0.6) is 0 Å². The van der Waals surface area contributed by atoms with E-state index in [4.69, 9.17) is 23.8 Å². The molecular weight excluding hydrogens is 224 g/mol. The van der Waals surface area contributed by atoms with Crippen LogP contribution in [0.15, 0.2) is 18.2 Å². The maximum Gasteiger partial charge on any atom is 0.252 e. The van der Waals surface area contributed by atoms with E-state index in [9.17, 15) is 4.79 Å². The number of nitrogens with two attached hydrogens (primary N) is 1. The fourth-order valence-electron chi connectivity index (χ4n) is 1.17. The maximum atomic E-state index is 11.7. The topological polar surface area (TPSA) is 55.1 Å². The summed E-state index contributed by atoms with van der Waals surface area (Å²) in [6.45, 7) is 1.90. The number of terminal acetylenes is 1. The average Bonchev–Trinajstić information content (AvgIpc) is 2.29. The van der Waals surface area contributed by atoms with E-state index in [1.165, 1.54) is 6.07 Å². The van der Waals surface area contributed by atoms with Crippen molar-refractivity contribution in [2.24, 2.45) is 0 Å². The second-order valence-corrected chi connectivity index (χ2v) is 3.74. The highest BCUT2D eigenvalue weighted by molar-refractivity contribution is 6.33. The van der Waals surface area contributed by atoms with Crippen molar-refractivity contribution in [3.63, 3.8) is 0 Å². The number of rotatable bonds is 3. The molecule has 0 aromatic heterocycles. The Bertz CT molecular complexity index is 437. The molecule has 0 spiro atoms. The van der Waals surface area contributed by atoms with E-state index in [0.29, 0.717) is 22.7 Å². The van der Waals surface area contributed by atoms with Crippen LogP contribution in [-0.4, -0.2) is 11.9 Å². The van der Waals surface area contributed by atoms with Crippen LogP contribution in [0.25, 0.3) is 0 Å². The van der Waals surface area contributed by atoms with Gasteiger partial charge in [-0.05, 0) is 24.6 Å².